The van der Waals surface area contributed by atoms with Crippen molar-refractivity contribution in [3.63, 3.8) is 0 Å². The quantitative estimate of drug-likeness (QED) is 0.586. The summed E-state index contributed by atoms with van der Waals surface area (Å²) in [7, 11) is 0. The molecule has 0 aliphatic carbocycles. The molecule has 1 aliphatic rings. The second-order valence-corrected chi connectivity index (χ2v) is 6.97. The molecule has 1 aromatic heterocycles. The van der Waals surface area contributed by atoms with Crippen molar-refractivity contribution in [1.82, 2.24) is 4.98 Å². The predicted octanol–water partition coefficient (Wildman–Crippen LogP) is 4.79. The van der Waals surface area contributed by atoms with E-state index >= 15 is 0 Å². The van der Waals surface area contributed by atoms with Crippen molar-refractivity contribution < 1.29 is 18.7 Å². The van der Waals surface area contributed by atoms with Crippen LogP contribution in [0.3, 0.4) is 0 Å². The highest BCUT2D eigenvalue weighted by Gasteiger charge is 2.23. The van der Waals surface area contributed by atoms with Gasteiger partial charge in [-0.2, -0.15) is 0 Å². The van der Waals surface area contributed by atoms with Crippen LogP contribution in [0.2, 0.25) is 0 Å². The summed E-state index contributed by atoms with van der Waals surface area (Å²) in [5.74, 6) is -0.390. The maximum atomic E-state index is 14.4. The fraction of sp³-hybridized carbons (Fsp3) is 0.125. The van der Waals surface area contributed by atoms with E-state index in [4.69, 9.17) is 4.74 Å². The van der Waals surface area contributed by atoms with Crippen LogP contribution in [0.5, 0.6) is 11.5 Å². The van der Waals surface area contributed by atoms with Crippen LogP contribution in [-0.2, 0) is 9.59 Å². The Balaban J connectivity index is 1.43. The maximum Gasteiger partial charge on any atom is 0.248 e. The van der Waals surface area contributed by atoms with Crippen LogP contribution in [0.25, 0.3) is 6.08 Å². The van der Waals surface area contributed by atoms with Gasteiger partial charge in [0.1, 0.15) is 5.75 Å². The van der Waals surface area contributed by atoms with Gasteiger partial charge in [-0.05, 0) is 54.5 Å². The van der Waals surface area contributed by atoms with Gasteiger partial charge in [0.05, 0.1) is 17.6 Å². The minimum atomic E-state index is -0.552. The number of carbonyl (C=O) groups excluding carboxylic acids is 2. The normalized spacial score (nSPS) is 13.6. The molecule has 4 rings (SSSR count). The van der Waals surface area contributed by atoms with Crippen LogP contribution in [0.1, 0.15) is 18.4 Å². The van der Waals surface area contributed by atoms with Crippen molar-refractivity contribution in [1.29, 1.82) is 0 Å². The van der Waals surface area contributed by atoms with Crippen molar-refractivity contribution in [3.8, 4) is 11.5 Å². The number of nitrogens with zero attached hydrogens (tertiary/aromatic N) is 2. The molecule has 0 atom stereocenters. The van der Waals surface area contributed by atoms with E-state index < -0.39 is 5.82 Å². The SMILES string of the molecule is O=C(/C=C/c1ccc(Oc2cccnc2)c(F)c1)Nc1ccccc1N1CCCC1=O. The van der Waals surface area contributed by atoms with Gasteiger partial charge < -0.3 is 15.0 Å². The molecule has 0 unspecified atom stereocenters. The lowest BCUT2D eigenvalue weighted by Gasteiger charge is -2.19. The molecule has 2 heterocycles. The molecular weight excluding hydrogens is 397 g/mol. The second kappa shape index (κ2) is 9.21. The van der Waals surface area contributed by atoms with Crippen LogP contribution >= 0.6 is 0 Å². The van der Waals surface area contributed by atoms with Gasteiger partial charge in [-0.15, -0.1) is 0 Å². The molecular formula is C24H20FN3O3. The van der Waals surface area contributed by atoms with Gasteiger partial charge in [0.15, 0.2) is 11.6 Å². The number of ether oxygens (including phenoxy) is 1. The summed E-state index contributed by atoms with van der Waals surface area (Å²) in [6.45, 7) is 0.633. The Labute approximate surface area is 179 Å². The number of hydrogen-bond donors (Lipinski definition) is 1. The molecule has 0 saturated carbocycles. The Hall–Kier alpha value is -4.00. The third-order valence-corrected chi connectivity index (χ3v) is 4.77. The number of anilines is 2. The molecule has 2 amide bonds. The summed E-state index contributed by atoms with van der Waals surface area (Å²) in [6.07, 6.45) is 7.23. The average Bonchev–Trinajstić information content (AvgIpc) is 3.21. The zero-order valence-electron chi connectivity index (χ0n) is 16.6. The van der Waals surface area contributed by atoms with Gasteiger partial charge >= 0.3 is 0 Å². The Morgan fingerprint density at radius 3 is 2.77 bits per heavy atom. The molecule has 31 heavy (non-hydrogen) atoms. The number of hydrogen-bond acceptors (Lipinski definition) is 4. The molecule has 1 fully saturated rings. The van der Waals surface area contributed by atoms with Crippen molar-refractivity contribution in [2.75, 3.05) is 16.8 Å². The minimum absolute atomic E-state index is 0.0429. The molecule has 6 nitrogen and oxygen atoms in total. The highest BCUT2D eigenvalue weighted by Crippen LogP contribution is 2.29. The highest BCUT2D eigenvalue weighted by molar-refractivity contribution is 6.06. The number of rotatable bonds is 6. The van der Waals surface area contributed by atoms with Crippen LogP contribution < -0.4 is 15.0 Å². The second-order valence-electron chi connectivity index (χ2n) is 6.97. The van der Waals surface area contributed by atoms with Crippen molar-refractivity contribution in [2.45, 2.75) is 12.8 Å². The number of halogens is 1. The summed E-state index contributed by atoms with van der Waals surface area (Å²) in [6, 6.07) is 15.0. The van der Waals surface area contributed by atoms with Gasteiger partial charge in [0.2, 0.25) is 11.8 Å². The van der Waals surface area contributed by atoms with Crippen LogP contribution in [-0.4, -0.2) is 23.3 Å². The zero-order chi connectivity index (χ0) is 21.6. The first-order valence-electron chi connectivity index (χ1n) is 9.86. The van der Waals surface area contributed by atoms with Crippen molar-refractivity contribution >= 4 is 29.3 Å². The third kappa shape index (κ3) is 4.95. The van der Waals surface area contributed by atoms with Crippen LogP contribution in [0, 0.1) is 5.82 Å². The molecule has 0 radical (unpaired) electrons. The summed E-state index contributed by atoms with van der Waals surface area (Å²) in [5.41, 5.74) is 1.74. The number of benzene rings is 2. The molecule has 7 heteroatoms. The molecule has 156 valence electrons. The van der Waals surface area contributed by atoms with E-state index in [2.05, 4.69) is 10.3 Å². The van der Waals surface area contributed by atoms with Crippen molar-refractivity contribution in [2.24, 2.45) is 0 Å². The van der Waals surface area contributed by atoms with Gasteiger partial charge in [0.25, 0.3) is 0 Å². The molecule has 0 spiro atoms. The monoisotopic (exact) mass is 417 g/mol. The summed E-state index contributed by atoms with van der Waals surface area (Å²) in [5, 5.41) is 2.79. The lowest BCUT2D eigenvalue weighted by molar-refractivity contribution is -0.117. The fourth-order valence-corrected chi connectivity index (χ4v) is 3.30. The largest absolute Gasteiger partial charge is 0.453 e. The highest BCUT2D eigenvalue weighted by atomic mass is 19.1. The Morgan fingerprint density at radius 1 is 1.16 bits per heavy atom. The van der Waals surface area contributed by atoms with E-state index in [1.807, 2.05) is 6.07 Å². The first-order chi connectivity index (χ1) is 15.1. The molecule has 1 saturated heterocycles. The van der Waals surface area contributed by atoms with E-state index in [0.29, 0.717) is 35.7 Å². The molecule has 1 N–H and O–H groups in total. The van der Waals surface area contributed by atoms with E-state index in [-0.39, 0.29) is 17.6 Å². The zero-order valence-corrected chi connectivity index (χ0v) is 16.6. The van der Waals surface area contributed by atoms with Gasteiger partial charge in [0, 0.05) is 25.2 Å². The van der Waals surface area contributed by atoms with Gasteiger partial charge in [-0.3, -0.25) is 14.6 Å². The van der Waals surface area contributed by atoms with Crippen molar-refractivity contribution in [3.05, 3.63) is 84.4 Å². The van der Waals surface area contributed by atoms with Crippen LogP contribution in [0.4, 0.5) is 15.8 Å². The predicted molar refractivity (Wildman–Crippen MR) is 116 cm³/mol. The topological polar surface area (TPSA) is 71.5 Å². The van der Waals surface area contributed by atoms with E-state index in [9.17, 15) is 14.0 Å². The lowest BCUT2D eigenvalue weighted by atomic mass is 10.2. The molecule has 1 aliphatic heterocycles. The maximum absolute atomic E-state index is 14.4. The standard InChI is InChI=1S/C24H20FN3O3/c25-19-15-17(9-11-22(19)31-18-5-3-13-26-16-18)10-12-23(29)27-20-6-1-2-7-21(20)28-14-4-8-24(28)30/h1-3,5-7,9-13,15-16H,4,8,14H2,(H,27,29)/b12-10+. The number of amides is 2. The fourth-order valence-electron chi connectivity index (χ4n) is 3.30. The van der Waals surface area contributed by atoms with E-state index in [1.54, 1.807) is 47.5 Å². The summed E-state index contributed by atoms with van der Waals surface area (Å²) in [4.78, 5) is 30.0. The van der Waals surface area contributed by atoms with Gasteiger partial charge in [-0.25, -0.2) is 4.39 Å². The van der Waals surface area contributed by atoms with E-state index in [1.165, 1.54) is 30.5 Å². The Morgan fingerprint density at radius 2 is 2.03 bits per heavy atom. The number of aromatic nitrogens is 1. The molecule has 2 aromatic carbocycles. The number of pyridine rings is 1. The summed E-state index contributed by atoms with van der Waals surface area (Å²) >= 11 is 0. The number of nitrogens with one attached hydrogen (secondary N) is 1. The summed E-state index contributed by atoms with van der Waals surface area (Å²) < 4.78 is 19.8. The third-order valence-electron chi connectivity index (χ3n) is 4.77. The Bertz CT molecular complexity index is 1130. The first-order valence-corrected chi connectivity index (χ1v) is 9.86. The first kappa shape index (κ1) is 20.3. The minimum Gasteiger partial charge on any atom is -0.453 e. The molecule has 3 aromatic rings. The number of carbonyl (C=O) groups is 2. The average molecular weight is 417 g/mol. The number of para-hydroxylation sites is 2. The Kier molecular flexibility index (Phi) is 6.03. The lowest BCUT2D eigenvalue weighted by Crippen LogP contribution is -2.25. The van der Waals surface area contributed by atoms with Crippen LogP contribution in [0.15, 0.2) is 73.1 Å². The smallest absolute Gasteiger partial charge is 0.248 e. The van der Waals surface area contributed by atoms with Gasteiger partial charge in [-0.1, -0.05) is 18.2 Å². The molecule has 0 bridgehead atoms. The van der Waals surface area contributed by atoms with E-state index in [0.717, 1.165) is 6.42 Å².